The first-order valence-corrected chi connectivity index (χ1v) is 8.47. The Morgan fingerprint density at radius 1 is 1.36 bits per heavy atom. The van der Waals surface area contributed by atoms with Crippen molar-refractivity contribution in [2.75, 3.05) is 6.54 Å². The van der Waals surface area contributed by atoms with Crippen LogP contribution in [0.4, 0.5) is 0 Å². The molecular formula is C18H25N3O. The van der Waals surface area contributed by atoms with Crippen molar-refractivity contribution in [1.82, 2.24) is 14.9 Å². The number of carbonyl (C=O) groups is 1. The molecule has 0 spiro atoms. The van der Waals surface area contributed by atoms with Gasteiger partial charge in [-0.05, 0) is 43.4 Å². The third-order valence-electron chi connectivity index (χ3n) is 4.72. The Morgan fingerprint density at radius 2 is 2.18 bits per heavy atom. The second-order valence-corrected chi connectivity index (χ2v) is 6.30. The Morgan fingerprint density at radius 3 is 2.95 bits per heavy atom. The zero-order valence-electron chi connectivity index (χ0n) is 13.3. The van der Waals surface area contributed by atoms with Gasteiger partial charge in [-0.15, -0.1) is 0 Å². The highest BCUT2D eigenvalue weighted by atomic mass is 16.1. The molecule has 0 aliphatic heterocycles. The number of amides is 1. The van der Waals surface area contributed by atoms with Crippen LogP contribution in [0.2, 0.25) is 0 Å². The van der Waals surface area contributed by atoms with Crippen molar-refractivity contribution in [3.63, 3.8) is 0 Å². The standard InChI is InChI=1S/C18H25N3O/c1-2-21-13-15(16-9-6-10-19-18(16)21)11-17(22)20-12-14-7-4-3-5-8-14/h6,9-10,13-14H,2-5,7-8,11-12H2,1H3,(H,20,22). The van der Waals surface area contributed by atoms with Gasteiger partial charge in [0.25, 0.3) is 0 Å². The molecule has 1 fully saturated rings. The average Bonchev–Trinajstić information content (AvgIpc) is 2.92. The second-order valence-electron chi connectivity index (χ2n) is 6.30. The van der Waals surface area contributed by atoms with Gasteiger partial charge in [-0.25, -0.2) is 4.98 Å². The van der Waals surface area contributed by atoms with Gasteiger partial charge in [0.15, 0.2) is 0 Å². The summed E-state index contributed by atoms with van der Waals surface area (Å²) in [5.74, 6) is 0.806. The number of hydrogen-bond donors (Lipinski definition) is 1. The summed E-state index contributed by atoms with van der Waals surface area (Å²) in [5.41, 5.74) is 2.05. The van der Waals surface area contributed by atoms with Gasteiger partial charge in [-0.1, -0.05) is 19.3 Å². The van der Waals surface area contributed by atoms with E-state index in [-0.39, 0.29) is 5.91 Å². The number of nitrogens with one attached hydrogen (secondary N) is 1. The number of rotatable bonds is 5. The van der Waals surface area contributed by atoms with E-state index < -0.39 is 0 Å². The maximum Gasteiger partial charge on any atom is 0.224 e. The second kappa shape index (κ2) is 6.95. The van der Waals surface area contributed by atoms with Crippen LogP contribution in [0.25, 0.3) is 11.0 Å². The van der Waals surface area contributed by atoms with Crippen LogP contribution >= 0.6 is 0 Å². The van der Waals surface area contributed by atoms with Gasteiger partial charge in [0.1, 0.15) is 5.65 Å². The number of fused-ring (bicyclic) bond motifs is 1. The molecule has 0 saturated heterocycles. The van der Waals surface area contributed by atoms with Crippen molar-refractivity contribution < 1.29 is 4.79 Å². The topological polar surface area (TPSA) is 46.9 Å². The molecule has 2 aromatic rings. The van der Waals surface area contributed by atoms with Gasteiger partial charge in [0, 0.05) is 30.9 Å². The van der Waals surface area contributed by atoms with E-state index in [1.54, 1.807) is 6.20 Å². The molecular weight excluding hydrogens is 274 g/mol. The van der Waals surface area contributed by atoms with Crippen LogP contribution in [-0.4, -0.2) is 22.0 Å². The molecule has 0 aromatic carbocycles. The molecule has 2 aromatic heterocycles. The van der Waals surface area contributed by atoms with E-state index in [2.05, 4.69) is 34.1 Å². The monoisotopic (exact) mass is 299 g/mol. The van der Waals surface area contributed by atoms with Crippen LogP contribution in [-0.2, 0) is 17.8 Å². The lowest BCUT2D eigenvalue weighted by atomic mass is 9.89. The predicted molar refractivity (Wildman–Crippen MR) is 88.7 cm³/mol. The fourth-order valence-corrected chi connectivity index (χ4v) is 3.46. The quantitative estimate of drug-likeness (QED) is 0.921. The minimum atomic E-state index is 0.129. The normalized spacial score (nSPS) is 16.0. The summed E-state index contributed by atoms with van der Waals surface area (Å²) in [6, 6.07) is 3.99. The van der Waals surface area contributed by atoms with Crippen molar-refractivity contribution >= 4 is 16.9 Å². The van der Waals surface area contributed by atoms with Crippen molar-refractivity contribution in [2.24, 2.45) is 5.92 Å². The smallest absolute Gasteiger partial charge is 0.224 e. The van der Waals surface area contributed by atoms with Gasteiger partial charge in [0.2, 0.25) is 5.91 Å². The summed E-state index contributed by atoms with van der Waals surface area (Å²) in [6.07, 6.45) is 10.8. The first kappa shape index (κ1) is 15.1. The highest BCUT2D eigenvalue weighted by Gasteiger charge is 2.16. The summed E-state index contributed by atoms with van der Waals surface area (Å²) in [5, 5.41) is 4.22. The van der Waals surface area contributed by atoms with E-state index >= 15 is 0 Å². The molecule has 1 aliphatic rings. The number of nitrogens with zero attached hydrogens (tertiary/aromatic N) is 2. The van der Waals surface area contributed by atoms with Gasteiger partial charge in [-0.3, -0.25) is 4.79 Å². The molecule has 118 valence electrons. The van der Waals surface area contributed by atoms with E-state index in [9.17, 15) is 4.79 Å². The van der Waals surface area contributed by atoms with Crippen LogP contribution in [0, 0.1) is 5.92 Å². The average molecular weight is 299 g/mol. The van der Waals surface area contributed by atoms with E-state index in [1.165, 1.54) is 32.1 Å². The summed E-state index contributed by atoms with van der Waals surface area (Å²) in [4.78, 5) is 16.7. The third kappa shape index (κ3) is 3.32. The predicted octanol–water partition coefficient (Wildman–Crippen LogP) is 3.30. The molecule has 1 amide bonds. The van der Waals surface area contributed by atoms with Crippen molar-refractivity contribution in [1.29, 1.82) is 0 Å². The fraction of sp³-hybridized carbons (Fsp3) is 0.556. The Kier molecular flexibility index (Phi) is 4.76. The minimum Gasteiger partial charge on any atom is -0.356 e. The number of aryl methyl sites for hydroxylation is 1. The van der Waals surface area contributed by atoms with E-state index in [1.807, 2.05) is 6.07 Å². The Bertz CT molecular complexity index is 641. The molecule has 0 atom stereocenters. The molecule has 22 heavy (non-hydrogen) atoms. The first-order valence-electron chi connectivity index (χ1n) is 8.47. The highest BCUT2D eigenvalue weighted by molar-refractivity contribution is 5.87. The first-order chi connectivity index (χ1) is 10.8. The molecule has 3 rings (SSSR count). The molecule has 0 unspecified atom stereocenters. The Balaban J connectivity index is 1.63. The van der Waals surface area contributed by atoms with Crippen LogP contribution in [0.3, 0.4) is 0 Å². The maximum absolute atomic E-state index is 12.3. The SMILES string of the molecule is CCn1cc(CC(=O)NCC2CCCCC2)c2cccnc21. The Hall–Kier alpha value is -1.84. The molecule has 2 heterocycles. The van der Waals surface area contributed by atoms with Crippen LogP contribution in [0.1, 0.15) is 44.6 Å². The van der Waals surface area contributed by atoms with Gasteiger partial charge in [0.05, 0.1) is 6.42 Å². The third-order valence-corrected chi connectivity index (χ3v) is 4.72. The number of aromatic nitrogens is 2. The van der Waals surface area contributed by atoms with Crippen LogP contribution < -0.4 is 5.32 Å². The van der Waals surface area contributed by atoms with Crippen molar-refractivity contribution in [2.45, 2.75) is 52.0 Å². The summed E-state index contributed by atoms with van der Waals surface area (Å²) >= 11 is 0. The van der Waals surface area contributed by atoms with E-state index in [0.717, 1.165) is 29.7 Å². The molecule has 4 nitrogen and oxygen atoms in total. The highest BCUT2D eigenvalue weighted by Crippen LogP contribution is 2.23. The Labute approximate surface area is 131 Å². The van der Waals surface area contributed by atoms with E-state index in [0.29, 0.717) is 12.3 Å². The lowest BCUT2D eigenvalue weighted by molar-refractivity contribution is -0.120. The molecule has 0 bridgehead atoms. The van der Waals surface area contributed by atoms with Gasteiger partial charge in [-0.2, -0.15) is 0 Å². The van der Waals surface area contributed by atoms with Crippen molar-refractivity contribution in [3.8, 4) is 0 Å². The lowest BCUT2D eigenvalue weighted by Crippen LogP contribution is -2.31. The number of pyridine rings is 1. The largest absolute Gasteiger partial charge is 0.356 e. The van der Waals surface area contributed by atoms with Crippen LogP contribution in [0.15, 0.2) is 24.5 Å². The molecule has 1 aliphatic carbocycles. The van der Waals surface area contributed by atoms with E-state index in [4.69, 9.17) is 0 Å². The fourth-order valence-electron chi connectivity index (χ4n) is 3.46. The van der Waals surface area contributed by atoms with Crippen LogP contribution in [0.5, 0.6) is 0 Å². The molecule has 4 heteroatoms. The summed E-state index contributed by atoms with van der Waals surface area (Å²) < 4.78 is 2.11. The zero-order chi connectivity index (χ0) is 15.4. The maximum atomic E-state index is 12.3. The lowest BCUT2D eigenvalue weighted by Gasteiger charge is -2.21. The van der Waals surface area contributed by atoms with Gasteiger partial charge < -0.3 is 9.88 Å². The number of carbonyl (C=O) groups excluding carboxylic acids is 1. The number of hydrogen-bond acceptors (Lipinski definition) is 2. The molecule has 1 N–H and O–H groups in total. The zero-order valence-corrected chi connectivity index (χ0v) is 13.3. The minimum absolute atomic E-state index is 0.129. The molecule has 1 saturated carbocycles. The molecule has 0 radical (unpaired) electrons. The van der Waals surface area contributed by atoms with Gasteiger partial charge >= 0.3 is 0 Å². The summed E-state index contributed by atoms with van der Waals surface area (Å²) in [6.45, 7) is 3.81. The van der Waals surface area contributed by atoms with Crippen molar-refractivity contribution in [3.05, 3.63) is 30.1 Å². The summed E-state index contributed by atoms with van der Waals surface area (Å²) in [7, 11) is 0.